The van der Waals surface area contributed by atoms with Crippen molar-refractivity contribution in [1.29, 1.82) is 0 Å². The van der Waals surface area contributed by atoms with E-state index in [-0.39, 0.29) is 6.04 Å². The second-order valence-electron chi connectivity index (χ2n) is 6.40. The van der Waals surface area contributed by atoms with Gasteiger partial charge in [0.15, 0.2) is 5.96 Å². The van der Waals surface area contributed by atoms with Crippen LogP contribution >= 0.6 is 0 Å². The van der Waals surface area contributed by atoms with Crippen molar-refractivity contribution in [2.75, 3.05) is 33.3 Å². The van der Waals surface area contributed by atoms with Gasteiger partial charge in [-0.05, 0) is 30.5 Å². The fraction of sp³-hybridized carbons (Fsp3) is 0.611. The van der Waals surface area contributed by atoms with E-state index in [2.05, 4.69) is 22.5 Å². The van der Waals surface area contributed by atoms with Gasteiger partial charge in [-0.1, -0.05) is 19.1 Å². The lowest BCUT2D eigenvalue weighted by atomic mass is 10.2. The average molecular weight is 372 g/mol. The van der Waals surface area contributed by atoms with E-state index in [0.717, 1.165) is 17.7 Å². The van der Waals surface area contributed by atoms with Gasteiger partial charge in [0.2, 0.25) is 0 Å². The SMILES string of the molecule is CCCOc1cccc(CNC(=NC)NC2CCN(CC(F)(F)F)C2)c1. The number of aliphatic imine (C=N–C) groups is 1. The Morgan fingerprint density at radius 1 is 1.38 bits per heavy atom. The predicted molar refractivity (Wildman–Crippen MR) is 96.5 cm³/mol. The van der Waals surface area contributed by atoms with Gasteiger partial charge in [0.25, 0.3) is 0 Å². The van der Waals surface area contributed by atoms with Gasteiger partial charge in [-0.25, -0.2) is 0 Å². The fourth-order valence-electron chi connectivity index (χ4n) is 2.89. The topological polar surface area (TPSA) is 48.9 Å². The highest BCUT2D eigenvalue weighted by Gasteiger charge is 2.34. The van der Waals surface area contributed by atoms with Crippen LogP contribution in [0, 0.1) is 0 Å². The minimum Gasteiger partial charge on any atom is -0.494 e. The number of ether oxygens (including phenoxy) is 1. The highest BCUT2D eigenvalue weighted by Crippen LogP contribution is 2.20. The summed E-state index contributed by atoms with van der Waals surface area (Å²) in [5, 5.41) is 6.40. The molecule has 1 aliphatic heterocycles. The Hall–Kier alpha value is -1.96. The van der Waals surface area contributed by atoms with Crippen LogP contribution in [-0.2, 0) is 6.54 Å². The molecule has 0 saturated carbocycles. The van der Waals surface area contributed by atoms with Crippen molar-refractivity contribution in [3.8, 4) is 5.75 Å². The zero-order chi connectivity index (χ0) is 19.0. The number of benzene rings is 1. The molecular weight excluding hydrogens is 345 g/mol. The highest BCUT2D eigenvalue weighted by molar-refractivity contribution is 5.80. The largest absolute Gasteiger partial charge is 0.494 e. The maximum atomic E-state index is 12.5. The standard InChI is InChI=1S/C18H27F3N4O/c1-3-9-26-16-6-4-5-14(10-16)11-23-17(22-2)24-15-7-8-25(12-15)13-18(19,20)21/h4-6,10,15H,3,7-9,11-13H2,1-2H3,(H2,22,23,24). The second-order valence-corrected chi connectivity index (χ2v) is 6.40. The van der Waals surface area contributed by atoms with Crippen LogP contribution in [-0.4, -0.2) is 56.4 Å². The average Bonchev–Trinajstić information content (AvgIpc) is 3.02. The molecule has 26 heavy (non-hydrogen) atoms. The van der Waals surface area contributed by atoms with E-state index in [1.807, 2.05) is 24.3 Å². The molecule has 0 radical (unpaired) electrons. The Labute approximate surface area is 152 Å². The van der Waals surface area contributed by atoms with Crippen LogP contribution in [0.4, 0.5) is 13.2 Å². The molecule has 2 rings (SSSR count). The van der Waals surface area contributed by atoms with Gasteiger partial charge < -0.3 is 15.4 Å². The Kier molecular flexibility index (Phi) is 7.56. The minimum absolute atomic E-state index is 0.0391. The zero-order valence-electron chi connectivity index (χ0n) is 15.3. The molecule has 5 nitrogen and oxygen atoms in total. The van der Waals surface area contributed by atoms with Crippen LogP contribution in [0.25, 0.3) is 0 Å². The Bertz CT molecular complexity index is 592. The van der Waals surface area contributed by atoms with E-state index in [4.69, 9.17) is 4.74 Å². The summed E-state index contributed by atoms with van der Waals surface area (Å²) >= 11 is 0. The number of alkyl halides is 3. The van der Waals surface area contributed by atoms with Gasteiger partial charge in [0.05, 0.1) is 13.2 Å². The first-order valence-corrected chi connectivity index (χ1v) is 8.87. The lowest BCUT2D eigenvalue weighted by Gasteiger charge is -2.20. The van der Waals surface area contributed by atoms with Crippen molar-refractivity contribution in [1.82, 2.24) is 15.5 Å². The molecule has 1 fully saturated rings. The number of nitrogens with one attached hydrogen (secondary N) is 2. The molecule has 1 heterocycles. The van der Waals surface area contributed by atoms with Crippen LogP contribution in [0.5, 0.6) is 5.75 Å². The lowest BCUT2D eigenvalue weighted by molar-refractivity contribution is -0.143. The number of halogens is 3. The maximum absolute atomic E-state index is 12.5. The van der Waals surface area contributed by atoms with Crippen molar-refractivity contribution in [3.63, 3.8) is 0 Å². The normalized spacial score (nSPS) is 18.8. The highest BCUT2D eigenvalue weighted by atomic mass is 19.4. The number of guanidine groups is 1. The summed E-state index contributed by atoms with van der Waals surface area (Å²) in [5.74, 6) is 1.41. The Morgan fingerprint density at radius 2 is 2.19 bits per heavy atom. The molecule has 1 saturated heterocycles. The molecule has 1 aromatic carbocycles. The molecule has 0 amide bonds. The Balaban J connectivity index is 1.80. The van der Waals surface area contributed by atoms with Crippen LogP contribution in [0.2, 0.25) is 0 Å². The summed E-state index contributed by atoms with van der Waals surface area (Å²) in [6.45, 7) is 3.23. The van der Waals surface area contributed by atoms with Crippen molar-refractivity contribution < 1.29 is 17.9 Å². The Morgan fingerprint density at radius 3 is 2.88 bits per heavy atom. The summed E-state index contributed by atoms with van der Waals surface area (Å²) in [5.41, 5.74) is 1.05. The third kappa shape index (κ3) is 7.11. The smallest absolute Gasteiger partial charge is 0.401 e. The molecule has 1 unspecified atom stereocenters. The third-order valence-electron chi connectivity index (χ3n) is 4.07. The molecule has 0 bridgehead atoms. The van der Waals surface area contributed by atoms with E-state index >= 15 is 0 Å². The maximum Gasteiger partial charge on any atom is 0.401 e. The van der Waals surface area contributed by atoms with Crippen molar-refractivity contribution in [2.24, 2.45) is 4.99 Å². The second kappa shape index (κ2) is 9.66. The first-order chi connectivity index (χ1) is 12.4. The number of likely N-dealkylation sites (tertiary alicyclic amines) is 1. The summed E-state index contributed by atoms with van der Waals surface area (Å²) < 4.78 is 43.0. The molecule has 1 aliphatic rings. The lowest BCUT2D eigenvalue weighted by Crippen LogP contribution is -2.44. The molecule has 146 valence electrons. The van der Waals surface area contributed by atoms with Crippen molar-refractivity contribution in [2.45, 2.75) is 38.5 Å². The van der Waals surface area contributed by atoms with Gasteiger partial charge in [-0.3, -0.25) is 9.89 Å². The predicted octanol–water partition coefficient (Wildman–Crippen LogP) is 2.78. The quantitative estimate of drug-likeness (QED) is 0.571. The van der Waals surface area contributed by atoms with E-state index in [1.54, 1.807) is 7.05 Å². The van der Waals surface area contributed by atoms with Crippen molar-refractivity contribution in [3.05, 3.63) is 29.8 Å². The van der Waals surface area contributed by atoms with Crippen molar-refractivity contribution >= 4 is 5.96 Å². The first kappa shape index (κ1) is 20.4. The number of hydrogen-bond acceptors (Lipinski definition) is 3. The zero-order valence-corrected chi connectivity index (χ0v) is 15.3. The summed E-state index contributed by atoms with van der Waals surface area (Å²) in [4.78, 5) is 5.58. The molecule has 1 aromatic rings. The molecule has 0 spiro atoms. The molecule has 2 N–H and O–H groups in total. The van der Waals surface area contributed by atoms with E-state index in [1.165, 1.54) is 4.90 Å². The molecule has 0 aromatic heterocycles. The number of rotatable bonds is 7. The van der Waals surface area contributed by atoms with Gasteiger partial charge in [0, 0.05) is 32.7 Å². The van der Waals surface area contributed by atoms with Crippen LogP contribution in [0.1, 0.15) is 25.3 Å². The summed E-state index contributed by atoms with van der Waals surface area (Å²) in [6, 6.07) is 7.77. The molecule has 8 heteroatoms. The number of nitrogens with zero attached hydrogens (tertiary/aromatic N) is 2. The fourth-order valence-corrected chi connectivity index (χ4v) is 2.89. The molecule has 0 aliphatic carbocycles. The van der Waals surface area contributed by atoms with E-state index in [0.29, 0.717) is 38.6 Å². The van der Waals surface area contributed by atoms with Crippen LogP contribution in [0.3, 0.4) is 0 Å². The minimum atomic E-state index is -4.15. The van der Waals surface area contributed by atoms with E-state index in [9.17, 15) is 13.2 Å². The summed E-state index contributed by atoms with van der Waals surface area (Å²) in [6.07, 6.45) is -2.54. The van der Waals surface area contributed by atoms with Crippen LogP contribution < -0.4 is 15.4 Å². The van der Waals surface area contributed by atoms with Gasteiger partial charge >= 0.3 is 6.18 Å². The van der Waals surface area contributed by atoms with Crippen LogP contribution in [0.15, 0.2) is 29.3 Å². The molecule has 1 atom stereocenters. The molecular formula is C18H27F3N4O. The van der Waals surface area contributed by atoms with Gasteiger partial charge in [-0.15, -0.1) is 0 Å². The third-order valence-corrected chi connectivity index (χ3v) is 4.07. The monoisotopic (exact) mass is 372 g/mol. The van der Waals surface area contributed by atoms with Gasteiger partial charge in [0.1, 0.15) is 5.75 Å². The first-order valence-electron chi connectivity index (χ1n) is 8.87. The summed E-state index contributed by atoms with van der Waals surface area (Å²) in [7, 11) is 1.65. The van der Waals surface area contributed by atoms with Gasteiger partial charge in [-0.2, -0.15) is 13.2 Å². The van der Waals surface area contributed by atoms with E-state index < -0.39 is 12.7 Å². The number of hydrogen-bond donors (Lipinski definition) is 2.